The molecule has 0 amide bonds. The van der Waals surface area contributed by atoms with Crippen LogP contribution in [-0.2, 0) is 6.54 Å². The molecule has 3 rings (SSSR count). The number of aryl methyl sites for hydroxylation is 1. The van der Waals surface area contributed by atoms with Crippen LogP contribution in [0.3, 0.4) is 0 Å². The monoisotopic (exact) mass is 314 g/mol. The number of benzene rings is 1. The topological polar surface area (TPSA) is 119 Å². The van der Waals surface area contributed by atoms with Crippen LogP contribution in [0.2, 0.25) is 0 Å². The molecular formula is C14H14N6O3. The van der Waals surface area contributed by atoms with Gasteiger partial charge in [-0.25, -0.2) is 4.98 Å². The van der Waals surface area contributed by atoms with Gasteiger partial charge in [-0.2, -0.15) is 5.10 Å². The van der Waals surface area contributed by atoms with Crippen molar-refractivity contribution >= 4 is 22.3 Å². The highest BCUT2D eigenvalue weighted by Gasteiger charge is 2.16. The summed E-state index contributed by atoms with van der Waals surface area (Å²) in [4.78, 5) is 28.9. The lowest BCUT2D eigenvalue weighted by molar-refractivity contribution is -0.383. The van der Waals surface area contributed by atoms with Crippen molar-refractivity contribution in [1.29, 1.82) is 0 Å². The van der Waals surface area contributed by atoms with Crippen LogP contribution in [0.1, 0.15) is 5.56 Å². The van der Waals surface area contributed by atoms with Gasteiger partial charge in [0, 0.05) is 18.8 Å². The summed E-state index contributed by atoms with van der Waals surface area (Å²) in [6, 6.07) is 2.75. The molecular weight excluding hydrogens is 300 g/mol. The number of anilines is 1. The van der Waals surface area contributed by atoms with Crippen molar-refractivity contribution in [1.82, 2.24) is 19.7 Å². The predicted molar refractivity (Wildman–Crippen MR) is 84.5 cm³/mol. The zero-order valence-electron chi connectivity index (χ0n) is 12.3. The number of rotatable bonds is 5. The van der Waals surface area contributed by atoms with Gasteiger partial charge in [0.1, 0.15) is 5.69 Å². The second-order valence-electron chi connectivity index (χ2n) is 5.08. The first-order chi connectivity index (χ1) is 11.0. The Labute approximate surface area is 130 Å². The molecule has 118 valence electrons. The molecule has 0 atom stereocenters. The van der Waals surface area contributed by atoms with Crippen molar-refractivity contribution in [2.75, 3.05) is 11.9 Å². The molecule has 0 bridgehead atoms. The fraction of sp³-hybridized carbons (Fsp3) is 0.214. The van der Waals surface area contributed by atoms with Crippen molar-refractivity contribution in [3.8, 4) is 0 Å². The minimum atomic E-state index is -0.522. The van der Waals surface area contributed by atoms with E-state index in [2.05, 4.69) is 20.4 Å². The second-order valence-corrected chi connectivity index (χ2v) is 5.08. The van der Waals surface area contributed by atoms with Gasteiger partial charge in [0.15, 0.2) is 0 Å². The normalized spacial score (nSPS) is 10.8. The Morgan fingerprint density at radius 1 is 1.43 bits per heavy atom. The summed E-state index contributed by atoms with van der Waals surface area (Å²) in [6.45, 7) is 2.96. The molecule has 9 heteroatoms. The summed E-state index contributed by atoms with van der Waals surface area (Å²) in [5.41, 5.74) is 1.20. The van der Waals surface area contributed by atoms with Crippen molar-refractivity contribution in [2.45, 2.75) is 13.5 Å². The minimum absolute atomic E-state index is 0.160. The Kier molecular flexibility index (Phi) is 3.75. The third kappa shape index (κ3) is 3.03. The fourth-order valence-electron chi connectivity index (χ4n) is 2.29. The number of fused-ring (bicyclic) bond motifs is 1. The lowest BCUT2D eigenvalue weighted by Gasteiger charge is -2.08. The van der Waals surface area contributed by atoms with Crippen molar-refractivity contribution in [3.63, 3.8) is 0 Å². The first-order valence-corrected chi connectivity index (χ1v) is 6.93. The third-order valence-electron chi connectivity index (χ3n) is 3.37. The van der Waals surface area contributed by atoms with Gasteiger partial charge in [0.2, 0.25) is 0 Å². The minimum Gasteiger partial charge on any atom is -0.378 e. The highest BCUT2D eigenvalue weighted by Crippen LogP contribution is 2.27. The summed E-state index contributed by atoms with van der Waals surface area (Å²) < 4.78 is 1.75. The molecule has 0 aliphatic carbocycles. The molecule has 2 aromatic heterocycles. The van der Waals surface area contributed by atoms with Crippen LogP contribution in [0, 0.1) is 17.0 Å². The van der Waals surface area contributed by atoms with E-state index in [1.165, 1.54) is 18.5 Å². The van der Waals surface area contributed by atoms with Crippen LogP contribution in [0.25, 0.3) is 10.9 Å². The zero-order valence-corrected chi connectivity index (χ0v) is 12.3. The van der Waals surface area contributed by atoms with Gasteiger partial charge >= 0.3 is 0 Å². The van der Waals surface area contributed by atoms with Crippen molar-refractivity contribution in [3.05, 3.63) is 56.9 Å². The highest BCUT2D eigenvalue weighted by atomic mass is 16.6. The molecule has 0 spiro atoms. The zero-order chi connectivity index (χ0) is 16.4. The number of nitro groups is 1. The summed E-state index contributed by atoms with van der Waals surface area (Å²) in [7, 11) is 0. The quantitative estimate of drug-likeness (QED) is 0.543. The molecule has 0 aliphatic heterocycles. The number of nitrogens with zero attached hydrogens (tertiary/aromatic N) is 4. The van der Waals surface area contributed by atoms with Crippen LogP contribution >= 0.6 is 0 Å². The maximum Gasteiger partial charge on any atom is 0.293 e. The molecule has 0 aliphatic rings. The lowest BCUT2D eigenvalue weighted by Crippen LogP contribution is -2.13. The Morgan fingerprint density at radius 3 is 2.96 bits per heavy atom. The number of nitrogens with one attached hydrogen (secondary N) is 2. The molecule has 3 aromatic rings. The number of aromatic nitrogens is 4. The van der Waals surface area contributed by atoms with Crippen LogP contribution in [-0.4, -0.2) is 31.2 Å². The fourth-order valence-corrected chi connectivity index (χ4v) is 2.29. The molecule has 1 aromatic carbocycles. The number of hydrogen-bond acceptors (Lipinski definition) is 6. The number of nitro benzene ring substituents is 1. The molecule has 0 radical (unpaired) electrons. The molecule has 2 heterocycles. The van der Waals surface area contributed by atoms with Crippen LogP contribution in [0.4, 0.5) is 11.4 Å². The van der Waals surface area contributed by atoms with E-state index in [-0.39, 0.29) is 11.1 Å². The summed E-state index contributed by atoms with van der Waals surface area (Å²) >= 11 is 0. The average Bonchev–Trinajstić information content (AvgIpc) is 2.92. The first kappa shape index (κ1) is 14.7. The van der Waals surface area contributed by atoms with Gasteiger partial charge in [0.05, 0.1) is 34.9 Å². The van der Waals surface area contributed by atoms with Crippen LogP contribution in [0.15, 0.2) is 35.6 Å². The first-order valence-electron chi connectivity index (χ1n) is 6.93. The highest BCUT2D eigenvalue weighted by molar-refractivity contribution is 5.86. The average molecular weight is 314 g/mol. The van der Waals surface area contributed by atoms with E-state index in [9.17, 15) is 14.9 Å². The number of hydrogen-bond donors (Lipinski definition) is 2. The molecule has 9 nitrogen and oxygen atoms in total. The van der Waals surface area contributed by atoms with Crippen molar-refractivity contribution < 1.29 is 4.92 Å². The Bertz CT molecular complexity index is 930. The van der Waals surface area contributed by atoms with Gasteiger partial charge in [0.25, 0.3) is 11.2 Å². The van der Waals surface area contributed by atoms with E-state index in [1.54, 1.807) is 10.9 Å². The molecule has 0 unspecified atom stereocenters. The molecule has 0 saturated heterocycles. The molecule has 0 fully saturated rings. The van der Waals surface area contributed by atoms with Crippen molar-refractivity contribution in [2.24, 2.45) is 0 Å². The van der Waals surface area contributed by atoms with E-state index < -0.39 is 10.5 Å². The Balaban J connectivity index is 1.88. The lowest BCUT2D eigenvalue weighted by atomic mass is 10.2. The largest absolute Gasteiger partial charge is 0.378 e. The van der Waals surface area contributed by atoms with E-state index in [0.717, 1.165) is 5.56 Å². The van der Waals surface area contributed by atoms with E-state index >= 15 is 0 Å². The van der Waals surface area contributed by atoms with Gasteiger partial charge < -0.3 is 10.3 Å². The van der Waals surface area contributed by atoms with Crippen LogP contribution < -0.4 is 10.9 Å². The van der Waals surface area contributed by atoms with E-state index in [4.69, 9.17) is 0 Å². The van der Waals surface area contributed by atoms with Gasteiger partial charge in [-0.1, -0.05) is 0 Å². The molecule has 0 saturated carbocycles. The van der Waals surface area contributed by atoms with Gasteiger partial charge in [-0.15, -0.1) is 0 Å². The van der Waals surface area contributed by atoms with E-state index in [1.807, 2.05) is 13.1 Å². The summed E-state index contributed by atoms with van der Waals surface area (Å²) in [5.74, 6) is 0. The van der Waals surface area contributed by atoms with Gasteiger partial charge in [-0.3, -0.25) is 19.6 Å². The Morgan fingerprint density at radius 2 is 2.26 bits per heavy atom. The Hall–Kier alpha value is -3.23. The SMILES string of the molecule is Cc1cnn(CCNc2cc3nc[nH]c(=O)c3cc2[N+](=O)[O-])c1. The second kappa shape index (κ2) is 5.87. The van der Waals surface area contributed by atoms with Crippen LogP contribution in [0.5, 0.6) is 0 Å². The summed E-state index contributed by atoms with van der Waals surface area (Å²) in [6.07, 6.45) is 4.90. The smallest absolute Gasteiger partial charge is 0.293 e. The van der Waals surface area contributed by atoms with E-state index in [0.29, 0.717) is 24.3 Å². The summed E-state index contributed by atoms with van der Waals surface area (Å²) in [5, 5.41) is 18.6. The number of aromatic amines is 1. The predicted octanol–water partition coefficient (Wildman–Crippen LogP) is 1.45. The maximum absolute atomic E-state index is 11.7. The van der Waals surface area contributed by atoms with Gasteiger partial charge in [-0.05, 0) is 18.6 Å². The number of H-pyrrole nitrogens is 1. The standard InChI is InChI=1S/C14H14N6O3/c1-9-6-18-19(7-9)3-2-15-12-5-11-10(4-13(12)20(22)23)14(21)17-8-16-11/h4-8,15H,2-3H2,1H3,(H,16,17,21). The molecule has 23 heavy (non-hydrogen) atoms. The maximum atomic E-state index is 11.7. The third-order valence-corrected chi connectivity index (χ3v) is 3.37. The molecule has 2 N–H and O–H groups in total.